The summed E-state index contributed by atoms with van der Waals surface area (Å²) in [5.74, 6) is 1.41. The van der Waals surface area contributed by atoms with Crippen molar-refractivity contribution in [1.82, 2.24) is 15.1 Å². The van der Waals surface area contributed by atoms with E-state index in [1.807, 2.05) is 24.3 Å². The van der Waals surface area contributed by atoms with Crippen LogP contribution in [0.15, 0.2) is 82.2 Å². The molecule has 0 saturated heterocycles. The summed E-state index contributed by atoms with van der Waals surface area (Å²) in [5.41, 5.74) is -0.0859. The number of aliphatic carboxylic acids is 1. The highest BCUT2D eigenvalue weighted by Gasteiger charge is 2.30. The lowest BCUT2D eigenvalue weighted by atomic mass is 10.1. The van der Waals surface area contributed by atoms with E-state index >= 15 is 0 Å². The van der Waals surface area contributed by atoms with E-state index < -0.39 is 23.3 Å². The summed E-state index contributed by atoms with van der Waals surface area (Å²) in [4.78, 5) is 22.1. The van der Waals surface area contributed by atoms with E-state index in [0.717, 1.165) is 27.5 Å². The van der Waals surface area contributed by atoms with Crippen molar-refractivity contribution in [3.05, 3.63) is 94.8 Å². The number of halogens is 3. The molecule has 3 aromatic carbocycles. The number of aryl methyl sites for hydroxylation is 1. The monoisotopic (exact) mass is 641 g/mol. The maximum absolute atomic E-state index is 13.1. The third-order valence-electron chi connectivity index (χ3n) is 6.33. The Hall–Kier alpha value is -4.36. The predicted octanol–water partition coefficient (Wildman–Crippen LogP) is 8.30. The zero-order valence-corrected chi connectivity index (χ0v) is 25.3. The fraction of sp³-hybridized carbons (Fsp3) is 0.226. The average Bonchev–Trinajstić information content (AvgIpc) is 3.61. The van der Waals surface area contributed by atoms with Gasteiger partial charge in [0.05, 0.1) is 11.3 Å². The van der Waals surface area contributed by atoms with E-state index in [4.69, 9.17) is 19.0 Å². The highest BCUT2D eigenvalue weighted by atomic mass is 32.2. The average molecular weight is 642 g/mol. The van der Waals surface area contributed by atoms with Crippen LogP contribution >= 0.6 is 23.1 Å². The van der Waals surface area contributed by atoms with E-state index in [1.54, 1.807) is 31.2 Å². The van der Waals surface area contributed by atoms with Crippen molar-refractivity contribution in [2.75, 3.05) is 0 Å². The van der Waals surface area contributed by atoms with Gasteiger partial charge in [-0.15, -0.1) is 23.1 Å². The molecule has 0 radical (unpaired) electrons. The molecule has 1 N–H and O–H groups in total. The number of nitrogens with zero attached hydrogens (tertiary/aromatic N) is 3. The van der Waals surface area contributed by atoms with Crippen LogP contribution < -0.4 is 9.47 Å². The number of benzene rings is 3. The van der Waals surface area contributed by atoms with Gasteiger partial charge in [0.25, 0.3) is 0 Å². The summed E-state index contributed by atoms with van der Waals surface area (Å²) in [6.07, 6.45) is -4.43. The summed E-state index contributed by atoms with van der Waals surface area (Å²) in [5, 5.41) is 13.8. The Morgan fingerprint density at radius 1 is 0.932 bits per heavy atom. The lowest BCUT2D eigenvalue weighted by Gasteiger charge is -2.21. The number of carboxylic acids is 1. The number of thioether (sulfide) groups is 1. The molecule has 0 saturated carbocycles. The molecule has 2 aromatic heterocycles. The number of rotatable bonds is 11. The van der Waals surface area contributed by atoms with Gasteiger partial charge >= 0.3 is 12.1 Å². The van der Waals surface area contributed by atoms with Crippen LogP contribution in [0.3, 0.4) is 0 Å². The molecule has 0 aliphatic rings. The van der Waals surface area contributed by atoms with E-state index in [1.165, 1.54) is 49.1 Å². The molecular weight excluding hydrogens is 615 g/mol. The quantitative estimate of drug-likeness (QED) is 0.143. The van der Waals surface area contributed by atoms with Gasteiger partial charge in [-0.2, -0.15) is 18.2 Å². The Labute approximate surface area is 258 Å². The largest absolute Gasteiger partial charge is 0.487 e. The first-order valence-electron chi connectivity index (χ1n) is 13.2. The molecule has 8 nitrogen and oxygen atoms in total. The van der Waals surface area contributed by atoms with Crippen LogP contribution in [0.25, 0.3) is 22.0 Å². The number of hydrogen-bond donors (Lipinski definition) is 1. The zero-order valence-electron chi connectivity index (χ0n) is 23.7. The summed E-state index contributed by atoms with van der Waals surface area (Å²) >= 11 is 2.92. The van der Waals surface area contributed by atoms with E-state index in [0.29, 0.717) is 45.2 Å². The molecule has 0 bridgehead atoms. The molecule has 0 aliphatic heterocycles. The number of ether oxygens (including phenoxy) is 2. The summed E-state index contributed by atoms with van der Waals surface area (Å²) in [6.45, 7) is 4.81. The third-order valence-corrected chi connectivity index (χ3v) is 8.70. The fourth-order valence-electron chi connectivity index (χ4n) is 3.89. The van der Waals surface area contributed by atoms with E-state index in [2.05, 4.69) is 10.1 Å². The van der Waals surface area contributed by atoms with Crippen molar-refractivity contribution in [2.45, 2.75) is 49.8 Å². The maximum atomic E-state index is 13.1. The van der Waals surface area contributed by atoms with E-state index in [-0.39, 0.29) is 6.61 Å². The van der Waals surface area contributed by atoms with Gasteiger partial charge in [0.1, 0.15) is 23.1 Å². The Balaban J connectivity index is 1.32. The lowest BCUT2D eigenvalue weighted by molar-refractivity contribution is -0.152. The van der Waals surface area contributed by atoms with Crippen molar-refractivity contribution >= 4 is 29.1 Å². The summed E-state index contributed by atoms with van der Waals surface area (Å²) < 4.78 is 55.9. The van der Waals surface area contributed by atoms with E-state index in [9.17, 15) is 23.1 Å². The van der Waals surface area contributed by atoms with Gasteiger partial charge < -0.3 is 19.1 Å². The molecular formula is C31H26F3N3O5S2. The van der Waals surface area contributed by atoms with Crippen molar-refractivity contribution in [2.24, 2.45) is 0 Å². The first-order valence-corrected chi connectivity index (χ1v) is 15.0. The smallest absolute Gasteiger partial charge is 0.416 e. The van der Waals surface area contributed by atoms with Gasteiger partial charge in [0.15, 0.2) is 5.60 Å². The van der Waals surface area contributed by atoms with Crippen molar-refractivity contribution in [1.29, 1.82) is 0 Å². The van der Waals surface area contributed by atoms with Gasteiger partial charge in [-0.1, -0.05) is 17.3 Å². The summed E-state index contributed by atoms with van der Waals surface area (Å²) in [6, 6.07) is 19.2. The highest BCUT2D eigenvalue weighted by Crippen LogP contribution is 2.36. The highest BCUT2D eigenvalue weighted by molar-refractivity contribution is 7.98. The zero-order chi connectivity index (χ0) is 31.5. The molecule has 44 heavy (non-hydrogen) atoms. The second-order valence-electron chi connectivity index (χ2n) is 10.1. The first-order chi connectivity index (χ1) is 20.9. The van der Waals surface area contributed by atoms with Crippen molar-refractivity contribution in [3.63, 3.8) is 0 Å². The molecule has 0 atom stereocenters. The van der Waals surface area contributed by atoms with Crippen LogP contribution in [0.1, 0.15) is 35.9 Å². The Morgan fingerprint density at radius 3 is 2.16 bits per heavy atom. The lowest BCUT2D eigenvalue weighted by Crippen LogP contribution is -2.37. The molecule has 2 heterocycles. The maximum Gasteiger partial charge on any atom is 0.416 e. The molecule has 0 fully saturated rings. The molecule has 5 rings (SSSR count). The van der Waals surface area contributed by atoms with Crippen LogP contribution in [-0.2, 0) is 23.3 Å². The molecule has 0 amide bonds. The predicted molar refractivity (Wildman–Crippen MR) is 160 cm³/mol. The molecule has 0 spiro atoms. The van der Waals surface area contributed by atoms with Gasteiger partial charge in [0, 0.05) is 33.6 Å². The van der Waals surface area contributed by atoms with Gasteiger partial charge in [-0.25, -0.2) is 9.78 Å². The van der Waals surface area contributed by atoms with Crippen molar-refractivity contribution in [3.8, 4) is 33.5 Å². The van der Waals surface area contributed by atoms with Gasteiger partial charge in [0.2, 0.25) is 11.7 Å². The molecule has 0 unspecified atom stereocenters. The fourth-order valence-corrected chi connectivity index (χ4v) is 5.96. The molecule has 228 valence electrons. The SMILES string of the molecule is Cc1nc(-c2ccc(OCc3nc(-c4ccc(C(F)(F)F)cc4)sc3CSc3ccc(OC(C)(C)C(=O)O)cc3)cc2)no1. The molecule has 5 aromatic rings. The normalized spacial score (nSPS) is 11.9. The van der Waals surface area contributed by atoms with Gasteiger partial charge in [-0.3, -0.25) is 0 Å². The number of aromatic nitrogens is 3. The minimum Gasteiger partial charge on any atom is -0.487 e. The number of hydrogen-bond acceptors (Lipinski definition) is 9. The summed E-state index contributed by atoms with van der Waals surface area (Å²) in [7, 11) is 0. The minimum atomic E-state index is -4.43. The first kappa shape index (κ1) is 31.1. The Bertz CT molecular complexity index is 1730. The minimum absolute atomic E-state index is 0.144. The van der Waals surface area contributed by atoms with Crippen LogP contribution in [0.2, 0.25) is 0 Å². The van der Waals surface area contributed by atoms with Crippen LogP contribution in [0.4, 0.5) is 13.2 Å². The molecule has 13 heteroatoms. The van der Waals surface area contributed by atoms with Crippen LogP contribution in [-0.4, -0.2) is 31.8 Å². The number of carboxylic acid groups (broad SMARTS) is 1. The standard InChI is InChI=1S/C31H26F3N3O5S2/c1-18-35-27(37-42-18)19-6-10-22(11-7-19)40-16-25-26(44-28(36-25)20-4-8-21(9-5-20)31(32,33)34)17-43-24-14-12-23(13-15-24)41-30(2,3)29(38)39/h4-15H,16-17H2,1-3H3,(H,38,39). The van der Waals surface area contributed by atoms with Crippen LogP contribution in [0, 0.1) is 6.92 Å². The topological polar surface area (TPSA) is 108 Å². The Morgan fingerprint density at radius 2 is 1.57 bits per heavy atom. The second-order valence-corrected chi connectivity index (χ2v) is 12.2. The Kier molecular flexibility index (Phi) is 8.97. The third kappa shape index (κ3) is 7.58. The number of thiazole rings is 1. The number of alkyl halides is 3. The second kappa shape index (κ2) is 12.7. The molecule has 0 aliphatic carbocycles. The van der Waals surface area contributed by atoms with Crippen molar-refractivity contribution < 1.29 is 37.1 Å². The van der Waals surface area contributed by atoms with Crippen LogP contribution in [0.5, 0.6) is 11.5 Å². The van der Waals surface area contributed by atoms with Gasteiger partial charge in [-0.05, 0) is 74.5 Å². The number of carbonyl (C=O) groups is 1.